The fourth-order valence-electron chi connectivity index (χ4n) is 1.80. The number of halogens is 1. The predicted octanol–water partition coefficient (Wildman–Crippen LogP) is -1.00. The van der Waals surface area contributed by atoms with Crippen molar-refractivity contribution in [3.05, 3.63) is 23.3 Å². The first kappa shape index (κ1) is 18.4. The predicted molar refractivity (Wildman–Crippen MR) is 61.6 cm³/mol. The SMILES string of the molecule is COc1c([O-])ccc(C)c1C(C)(C)C.[Br-].[Mg+2]. The molecule has 16 heavy (non-hydrogen) atoms. The van der Waals surface area contributed by atoms with Crippen LogP contribution >= 0.6 is 0 Å². The molecule has 0 spiro atoms. The van der Waals surface area contributed by atoms with Gasteiger partial charge in [-0.1, -0.05) is 38.7 Å². The van der Waals surface area contributed by atoms with E-state index in [-0.39, 0.29) is 51.2 Å². The smallest absolute Gasteiger partial charge is 1.00 e. The average Bonchev–Trinajstić information content (AvgIpc) is 2.06. The van der Waals surface area contributed by atoms with Gasteiger partial charge in [0.25, 0.3) is 0 Å². The van der Waals surface area contributed by atoms with Crippen molar-refractivity contribution >= 4 is 23.1 Å². The zero-order valence-corrected chi connectivity index (χ0v) is 13.6. The Balaban J connectivity index is 0. The molecule has 0 bridgehead atoms. The fraction of sp³-hybridized carbons (Fsp3) is 0.500. The third-order valence-corrected chi connectivity index (χ3v) is 2.28. The second-order valence-corrected chi connectivity index (χ2v) is 4.54. The van der Waals surface area contributed by atoms with E-state index in [1.807, 2.05) is 13.0 Å². The van der Waals surface area contributed by atoms with Gasteiger partial charge in [0, 0.05) is 5.56 Å². The summed E-state index contributed by atoms with van der Waals surface area (Å²) in [6.45, 7) is 8.24. The first-order chi connectivity index (χ1) is 6.38. The standard InChI is InChI=1S/C12H18O2.BrH.Mg/c1-8-6-7-9(13)11(14-5)10(8)12(2,3)4;;/h6-7,13H,1-5H3;1H;/q;;+2/p-2. The third kappa shape index (κ3) is 3.82. The summed E-state index contributed by atoms with van der Waals surface area (Å²) in [4.78, 5) is 0. The van der Waals surface area contributed by atoms with Gasteiger partial charge in [-0.15, -0.1) is 0 Å². The summed E-state index contributed by atoms with van der Waals surface area (Å²) in [6, 6.07) is 3.41. The number of ether oxygens (including phenoxy) is 1. The van der Waals surface area contributed by atoms with Gasteiger partial charge in [-0.3, -0.25) is 0 Å². The molecule has 0 unspecified atom stereocenters. The maximum Gasteiger partial charge on any atom is 2.00 e. The molecule has 86 valence electrons. The minimum absolute atomic E-state index is 0. The van der Waals surface area contributed by atoms with E-state index in [4.69, 9.17) is 4.74 Å². The third-order valence-electron chi connectivity index (χ3n) is 2.28. The molecular formula is C12H17BrMgO2. The molecule has 0 atom stereocenters. The molecule has 0 aliphatic rings. The van der Waals surface area contributed by atoms with Gasteiger partial charge in [-0.05, 0) is 17.9 Å². The molecule has 0 aliphatic heterocycles. The van der Waals surface area contributed by atoms with Crippen molar-refractivity contribution < 1.29 is 26.8 Å². The van der Waals surface area contributed by atoms with Gasteiger partial charge in [0.2, 0.25) is 0 Å². The van der Waals surface area contributed by atoms with Crippen molar-refractivity contribution in [2.75, 3.05) is 7.11 Å². The van der Waals surface area contributed by atoms with Crippen LogP contribution < -0.4 is 26.8 Å². The quantitative estimate of drug-likeness (QED) is 0.623. The van der Waals surface area contributed by atoms with E-state index in [0.717, 1.165) is 11.1 Å². The molecular weight excluding hydrogens is 280 g/mol. The van der Waals surface area contributed by atoms with Gasteiger partial charge in [-0.25, -0.2) is 0 Å². The van der Waals surface area contributed by atoms with Crippen molar-refractivity contribution in [2.45, 2.75) is 33.1 Å². The Kier molecular flexibility index (Phi) is 7.74. The summed E-state index contributed by atoms with van der Waals surface area (Å²) in [5.41, 5.74) is 2.05. The summed E-state index contributed by atoms with van der Waals surface area (Å²) in [7, 11) is 1.55. The normalized spacial score (nSPS) is 10.1. The Morgan fingerprint density at radius 2 is 1.69 bits per heavy atom. The van der Waals surface area contributed by atoms with Gasteiger partial charge >= 0.3 is 23.1 Å². The first-order valence-electron chi connectivity index (χ1n) is 4.73. The van der Waals surface area contributed by atoms with Gasteiger partial charge < -0.3 is 26.8 Å². The van der Waals surface area contributed by atoms with E-state index in [1.165, 1.54) is 0 Å². The topological polar surface area (TPSA) is 32.3 Å². The van der Waals surface area contributed by atoms with Crippen LogP contribution in [-0.4, -0.2) is 30.2 Å². The second-order valence-electron chi connectivity index (χ2n) is 4.54. The van der Waals surface area contributed by atoms with E-state index in [0.29, 0.717) is 5.75 Å². The van der Waals surface area contributed by atoms with E-state index in [1.54, 1.807) is 13.2 Å². The number of rotatable bonds is 1. The van der Waals surface area contributed by atoms with E-state index < -0.39 is 0 Å². The van der Waals surface area contributed by atoms with Crippen LogP contribution in [0.5, 0.6) is 11.5 Å². The van der Waals surface area contributed by atoms with Crippen LogP contribution in [0.4, 0.5) is 0 Å². The number of hydrogen-bond donors (Lipinski definition) is 0. The maximum atomic E-state index is 11.5. The van der Waals surface area contributed by atoms with Crippen molar-refractivity contribution in [3.8, 4) is 11.5 Å². The fourth-order valence-corrected chi connectivity index (χ4v) is 1.80. The molecule has 0 saturated heterocycles. The van der Waals surface area contributed by atoms with Gasteiger partial charge in [0.15, 0.2) is 0 Å². The zero-order chi connectivity index (χ0) is 10.9. The molecule has 0 heterocycles. The summed E-state index contributed by atoms with van der Waals surface area (Å²) in [5, 5.41) is 11.5. The zero-order valence-electron chi connectivity index (χ0n) is 10.6. The van der Waals surface area contributed by atoms with Crippen molar-refractivity contribution in [1.82, 2.24) is 0 Å². The molecule has 2 nitrogen and oxygen atoms in total. The maximum absolute atomic E-state index is 11.5. The molecule has 0 aliphatic carbocycles. The van der Waals surface area contributed by atoms with Crippen LogP contribution in [0, 0.1) is 6.92 Å². The number of methoxy groups -OCH3 is 1. The van der Waals surface area contributed by atoms with Crippen LogP contribution in [0.25, 0.3) is 0 Å². The second kappa shape index (κ2) is 6.72. The van der Waals surface area contributed by atoms with Crippen molar-refractivity contribution in [3.63, 3.8) is 0 Å². The molecule has 0 fully saturated rings. The van der Waals surface area contributed by atoms with E-state index in [9.17, 15) is 5.11 Å². The molecule has 0 saturated carbocycles. The van der Waals surface area contributed by atoms with Gasteiger partial charge in [0.05, 0.1) is 7.11 Å². The summed E-state index contributed by atoms with van der Waals surface area (Å²) >= 11 is 0. The summed E-state index contributed by atoms with van der Waals surface area (Å²) in [5.74, 6) is 0.445. The van der Waals surface area contributed by atoms with Crippen LogP contribution in [0.1, 0.15) is 31.9 Å². The number of benzene rings is 1. The van der Waals surface area contributed by atoms with E-state index >= 15 is 0 Å². The Morgan fingerprint density at radius 3 is 2.00 bits per heavy atom. The Bertz CT molecular complexity index is 346. The van der Waals surface area contributed by atoms with Crippen molar-refractivity contribution in [1.29, 1.82) is 0 Å². The molecule has 0 aromatic heterocycles. The first-order valence-corrected chi connectivity index (χ1v) is 4.73. The molecule has 0 N–H and O–H groups in total. The Morgan fingerprint density at radius 1 is 1.19 bits per heavy atom. The molecule has 1 rings (SSSR count). The van der Waals surface area contributed by atoms with E-state index in [2.05, 4.69) is 20.8 Å². The van der Waals surface area contributed by atoms with Crippen LogP contribution in [0.2, 0.25) is 0 Å². The minimum atomic E-state index is -0.0597. The van der Waals surface area contributed by atoms with Crippen LogP contribution in [0.3, 0.4) is 0 Å². The number of hydrogen-bond acceptors (Lipinski definition) is 2. The molecule has 4 heteroatoms. The Hall–Kier alpha value is 0.0662. The molecule has 0 amide bonds. The molecule has 1 aromatic carbocycles. The van der Waals surface area contributed by atoms with Crippen LogP contribution in [-0.2, 0) is 5.41 Å². The number of aryl methyl sites for hydroxylation is 1. The summed E-state index contributed by atoms with van der Waals surface area (Å²) < 4.78 is 5.17. The molecule has 1 aromatic rings. The van der Waals surface area contributed by atoms with Crippen molar-refractivity contribution in [2.24, 2.45) is 0 Å². The average molecular weight is 297 g/mol. The largest absolute Gasteiger partial charge is 2.00 e. The summed E-state index contributed by atoms with van der Waals surface area (Å²) in [6.07, 6.45) is 0. The minimum Gasteiger partial charge on any atom is -1.00 e. The van der Waals surface area contributed by atoms with Crippen LogP contribution in [0.15, 0.2) is 12.1 Å². The molecule has 0 radical (unpaired) electrons. The Labute approximate surface area is 124 Å². The van der Waals surface area contributed by atoms with Gasteiger partial charge in [0.1, 0.15) is 5.75 Å². The van der Waals surface area contributed by atoms with Gasteiger partial charge in [-0.2, -0.15) is 0 Å². The monoisotopic (exact) mass is 296 g/mol.